The Morgan fingerprint density at radius 1 is 1.12 bits per heavy atom. The van der Waals surface area contributed by atoms with Gasteiger partial charge < -0.3 is 10.0 Å². The minimum absolute atomic E-state index is 0.102. The number of anilines is 1. The van der Waals surface area contributed by atoms with Gasteiger partial charge in [0, 0.05) is 31.1 Å². The molecule has 26 heavy (non-hydrogen) atoms. The van der Waals surface area contributed by atoms with Crippen LogP contribution in [-0.4, -0.2) is 39.5 Å². The van der Waals surface area contributed by atoms with Crippen LogP contribution in [0.2, 0.25) is 0 Å². The Balaban J connectivity index is 2.25. The Bertz CT molecular complexity index is 921. The zero-order valence-electron chi connectivity index (χ0n) is 15.4. The summed E-state index contributed by atoms with van der Waals surface area (Å²) in [6.07, 6.45) is -0.967. The quantitative estimate of drug-likeness (QED) is 0.817. The predicted octanol–water partition coefficient (Wildman–Crippen LogP) is 3.20. The van der Waals surface area contributed by atoms with Crippen LogP contribution in [0.25, 0.3) is 0 Å². The SMILES string of the molecule is CN(C)c1ccc([C@@H]2c3cc(F)ccc3S(=O)(=O)CC(C)(C)[C@@H]2O)cc1. The number of aliphatic hydroxyl groups is 1. The Morgan fingerprint density at radius 2 is 1.73 bits per heavy atom. The first kappa shape index (κ1) is 18.9. The summed E-state index contributed by atoms with van der Waals surface area (Å²) in [5.74, 6) is -1.32. The monoisotopic (exact) mass is 377 g/mol. The number of nitrogens with zero attached hydrogens (tertiary/aromatic N) is 1. The summed E-state index contributed by atoms with van der Waals surface area (Å²) < 4.78 is 39.7. The molecule has 1 N–H and O–H groups in total. The molecule has 0 spiro atoms. The maximum Gasteiger partial charge on any atom is 0.179 e. The zero-order valence-corrected chi connectivity index (χ0v) is 16.2. The lowest BCUT2D eigenvalue weighted by Gasteiger charge is -2.33. The van der Waals surface area contributed by atoms with Gasteiger partial charge in [0.25, 0.3) is 0 Å². The van der Waals surface area contributed by atoms with Gasteiger partial charge in [-0.1, -0.05) is 26.0 Å². The normalized spacial score (nSPS) is 23.8. The third-order valence-electron chi connectivity index (χ3n) is 5.09. The van der Waals surface area contributed by atoms with Gasteiger partial charge >= 0.3 is 0 Å². The first-order valence-corrected chi connectivity index (χ1v) is 10.2. The lowest BCUT2D eigenvalue weighted by molar-refractivity contribution is 0.0520. The number of benzene rings is 2. The molecule has 1 aliphatic rings. The Hall–Kier alpha value is -1.92. The van der Waals surface area contributed by atoms with Crippen molar-refractivity contribution >= 4 is 15.5 Å². The van der Waals surface area contributed by atoms with Crippen LogP contribution in [-0.2, 0) is 9.84 Å². The predicted molar refractivity (Wildman–Crippen MR) is 101 cm³/mol. The third kappa shape index (κ3) is 3.23. The van der Waals surface area contributed by atoms with Gasteiger partial charge in [-0.2, -0.15) is 0 Å². The van der Waals surface area contributed by atoms with Crippen molar-refractivity contribution < 1.29 is 17.9 Å². The second kappa shape index (κ2) is 6.35. The van der Waals surface area contributed by atoms with E-state index in [4.69, 9.17) is 0 Å². The highest BCUT2D eigenvalue weighted by atomic mass is 32.2. The van der Waals surface area contributed by atoms with Gasteiger partial charge in [-0.05, 0) is 41.5 Å². The first-order valence-electron chi connectivity index (χ1n) is 8.50. The first-order chi connectivity index (χ1) is 12.0. The highest BCUT2D eigenvalue weighted by Crippen LogP contribution is 2.44. The van der Waals surface area contributed by atoms with Gasteiger partial charge in [0.1, 0.15) is 5.82 Å². The summed E-state index contributed by atoms with van der Waals surface area (Å²) in [6.45, 7) is 3.47. The number of fused-ring (bicyclic) bond motifs is 1. The van der Waals surface area contributed by atoms with Crippen LogP contribution in [0, 0.1) is 11.2 Å². The van der Waals surface area contributed by atoms with E-state index in [0.29, 0.717) is 5.56 Å². The average Bonchev–Trinajstić information content (AvgIpc) is 2.59. The number of sulfone groups is 1. The van der Waals surface area contributed by atoms with Crippen molar-refractivity contribution in [2.75, 3.05) is 24.7 Å². The molecule has 0 fully saturated rings. The van der Waals surface area contributed by atoms with E-state index in [1.54, 1.807) is 13.8 Å². The molecule has 140 valence electrons. The summed E-state index contributed by atoms with van der Waals surface area (Å²) in [5.41, 5.74) is 1.20. The van der Waals surface area contributed by atoms with Crippen LogP contribution < -0.4 is 4.90 Å². The number of hydrogen-bond donors (Lipinski definition) is 1. The second-order valence-electron chi connectivity index (χ2n) is 7.84. The highest BCUT2D eigenvalue weighted by Gasteiger charge is 2.45. The summed E-state index contributed by atoms with van der Waals surface area (Å²) in [7, 11) is 0.220. The maximum atomic E-state index is 14.0. The van der Waals surface area contributed by atoms with E-state index in [1.165, 1.54) is 12.1 Å². The lowest BCUT2D eigenvalue weighted by atomic mass is 9.75. The van der Waals surface area contributed by atoms with Gasteiger partial charge in [-0.15, -0.1) is 0 Å². The van der Waals surface area contributed by atoms with Gasteiger partial charge in [0.15, 0.2) is 9.84 Å². The van der Waals surface area contributed by atoms with Crippen LogP contribution in [0.3, 0.4) is 0 Å². The molecular weight excluding hydrogens is 353 g/mol. The van der Waals surface area contributed by atoms with Gasteiger partial charge in [-0.3, -0.25) is 0 Å². The largest absolute Gasteiger partial charge is 0.392 e. The molecule has 0 radical (unpaired) electrons. The molecule has 4 nitrogen and oxygen atoms in total. The van der Waals surface area contributed by atoms with E-state index in [2.05, 4.69) is 0 Å². The molecular formula is C20H24FNO3S. The molecule has 1 aliphatic heterocycles. The van der Waals surface area contributed by atoms with Crippen molar-refractivity contribution in [1.29, 1.82) is 0 Å². The van der Waals surface area contributed by atoms with Crippen molar-refractivity contribution in [3.05, 3.63) is 59.4 Å². The molecule has 6 heteroatoms. The lowest BCUT2D eigenvalue weighted by Crippen LogP contribution is -2.38. The van der Waals surface area contributed by atoms with E-state index in [0.717, 1.165) is 17.3 Å². The van der Waals surface area contributed by atoms with E-state index in [1.807, 2.05) is 43.3 Å². The van der Waals surface area contributed by atoms with Crippen molar-refractivity contribution in [2.24, 2.45) is 5.41 Å². The average molecular weight is 377 g/mol. The number of rotatable bonds is 2. The topological polar surface area (TPSA) is 57.6 Å². The summed E-state index contributed by atoms with van der Waals surface area (Å²) >= 11 is 0. The van der Waals surface area contributed by atoms with E-state index in [-0.39, 0.29) is 10.6 Å². The molecule has 3 rings (SSSR count). The zero-order chi connectivity index (χ0) is 19.3. The van der Waals surface area contributed by atoms with E-state index < -0.39 is 33.1 Å². The van der Waals surface area contributed by atoms with Crippen LogP contribution in [0.1, 0.15) is 30.9 Å². The number of halogens is 1. The fourth-order valence-electron chi connectivity index (χ4n) is 3.66. The van der Waals surface area contributed by atoms with Crippen molar-refractivity contribution in [3.63, 3.8) is 0 Å². The number of aliphatic hydroxyl groups excluding tert-OH is 1. The standard InChI is InChI=1S/C20H24FNO3S/c1-20(2)12-26(24,25)17-10-7-14(21)11-16(17)18(19(20)23)13-5-8-15(9-6-13)22(3)4/h5-11,18-19,23H,12H2,1-4H3/t18-,19-/m1/s1. The summed E-state index contributed by atoms with van der Waals surface area (Å²) in [5, 5.41) is 11.1. The third-order valence-corrected chi connectivity index (χ3v) is 7.25. The molecule has 0 amide bonds. The van der Waals surface area contributed by atoms with Gasteiger partial charge in [0.2, 0.25) is 0 Å². The summed E-state index contributed by atoms with van der Waals surface area (Å²) in [4.78, 5) is 2.06. The van der Waals surface area contributed by atoms with Crippen LogP contribution in [0.4, 0.5) is 10.1 Å². The van der Waals surface area contributed by atoms with Crippen molar-refractivity contribution in [1.82, 2.24) is 0 Å². The Kier molecular flexibility index (Phi) is 4.61. The molecule has 0 saturated carbocycles. The van der Waals surface area contributed by atoms with Crippen molar-refractivity contribution in [3.8, 4) is 0 Å². The molecule has 1 heterocycles. The molecule has 2 aromatic rings. The molecule has 0 aliphatic carbocycles. The highest BCUT2D eigenvalue weighted by molar-refractivity contribution is 7.91. The minimum Gasteiger partial charge on any atom is -0.392 e. The van der Waals surface area contributed by atoms with Gasteiger partial charge in [0.05, 0.1) is 16.8 Å². The van der Waals surface area contributed by atoms with Gasteiger partial charge in [-0.25, -0.2) is 12.8 Å². The van der Waals surface area contributed by atoms with Crippen LogP contribution >= 0.6 is 0 Å². The van der Waals surface area contributed by atoms with E-state index >= 15 is 0 Å². The summed E-state index contributed by atoms with van der Waals surface area (Å²) in [6, 6.07) is 11.3. The fraction of sp³-hybridized carbons (Fsp3) is 0.400. The maximum absolute atomic E-state index is 14.0. The molecule has 0 unspecified atom stereocenters. The molecule has 2 aromatic carbocycles. The van der Waals surface area contributed by atoms with Crippen LogP contribution in [0.15, 0.2) is 47.4 Å². The second-order valence-corrected chi connectivity index (χ2v) is 9.80. The fourth-order valence-corrected chi connectivity index (χ4v) is 5.79. The van der Waals surface area contributed by atoms with Crippen molar-refractivity contribution in [2.45, 2.75) is 30.8 Å². The number of hydrogen-bond acceptors (Lipinski definition) is 4. The Morgan fingerprint density at radius 3 is 2.31 bits per heavy atom. The Labute approximate surface area is 154 Å². The van der Waals surface area contributed by atoms with Crippen LogP contribution in [0.5, 0.6) is 0 Å². The molecule has 0 aromatic heterocycles. The molecule has 0 saturated heterocycles. The minimum atomic E-state index is -3.63. The molecule has 0 bridgehead atoms. The molecule has 2 atom stereocenters. The smallest absolute Gasteiger partial charge is 0.179 e. The van der Waals surface area contributed by atoms with E-state index in [9.17, 15) is 17.9 Å².